The number of piperazine rings is 1. The van der Waals surface area contributed by atoms with Gasteiger partial charge in [0, 0.05) is 32.7 Å². The molecule has 1 aliphatic heterocycles. The van der Waals surface area contributed by atoms with Crippen molar-refractivity contribution in [2.75, 3.05) is 38.5 Å². The fourth-order valence-corrected chi connectivity index (χ4v) is 2.08. The van der Waals surface area contributed by atoms with Crippen LogP contribution in [-0.2, 0) is 10.1 Å². The zero-order chi connectivity index (χ0) is 10.6. The van der Waals surface area contributed by atoms with Crippen molar-refractivity contribution in [3.63, 3.8) is 0 Å². The van der Waals surface area contributed by atoms with Gasteiger partial charge in [0.1, 0.15) is 5.75 Å². The van der Waals surface area contributed by atoms with Crippen LogP contribution in [0.2, 0.25) is 0 Å². The number of nitrogens with zero attached hydrogens (tertiary/aromatic N) is 1. The standard InChI is InChI=1S/C7H16N2O4S/c10-7(6-14(11,12)13)5-9-3-1-8-2-4-9/h7-8,10H,1-6H2,(H,11,12,13)/t7-/m1/s1. The van der Waals surface area contributed by atoms with Crippen LogP contribution in [-0.4, -0.2) is 67.6 Å². The van der Waals surface area contributed by atoms with Gasteiger partial charge in [-0.25, -0.2) is 0 Å². The van der Waals surface area contributed by atoms with E-state index in [2.05, 4.69) is 5.32 Å². The van der Waals surface area contributed by atoms with E-state index in [9.17, 15) is 13.5 Å². The summed E-state index contributed by atoms with van der Waals surface area (Å²) >= 11 is 0. The Morgan fingerprint density at radius 1 is 1.36 bits per heavy atom. The number of aliphatic hydroxyl groups excluding tert-OH is 1. The quantitative estimate of drug-likeness (QED) is 0.485. The van der Waals surface area contributed by atoms with Crippen molar-refractivity contribution in [3.8, 4) is 0 Å². The first-order valence-corrected chi connectivity index (χ1v) is 6.14. The summed E-state index contributed by atoms with van der Waals surface area (Å²) in [6, 6.07) is 0. The zero-order valence-corrected chi connectivity index (χ0v) is 8.70. The second-order valence-electron chi connectivity index (χ2n) is 3.45. The molecule has 0 radical (unpaired) electrons. The van der Waals surface area contributed by atoms with Gasteiger partial charge in [-0.1, -0.05) is 0 Å². The van der Waals surface area contributed by atoms with Crippen LogP contribution in [0.25, 0.3) is 0 Å². The summed E-state index contributed by atoms with van der Waals surface area (Å²) < 4.78 is 29.4. The molecule has 0 unspecified atom stereocenters. The van der Waals surface area contributed by atoms with Gasteiger partial charge < -0.3 is 10.4 Å². The Bertz CT molecular complexity index is 261. The molecule has 3 N–H and O–H groups in total. The molecule has 0 amide bonds. The maximum Gasteiger partial charge on any atom is 0.267 e. The van der Waals surface area contributed by atoms with Crippen molar-refractivity contribution in [3.05, 3.63) is 0 Å². The maximum absolute atomic E-state index is 10.4. The molecule has 0 bridgehead atoms. The van der Waals surface area contributed by atoms with Crippen molar-refractivity contribution >= 4 is 10.1 Å². The van der Waals surface area contributed by atoms with Crippen molar-refractivity contribution in [2.24, 2.45) is 0 Å². The maximum atomic E-state index is 10.4. The third-order valence-electron chi connectivity index (χ3n) is 2.08. The van der Waals surface area contributed by atoms with Gasteiger partial charge in [-0.05, 0) is 0 Å². The number of β-amino-alcohol motifs (C(OH)–C–C–N with tert-alkyl or cyclic N) is 1. The molecule has 1 heterocycles. The highest BCUT2D eigenvalue weighted by atomic mass is 32.2. The molecular formula is C7H16N2O4S. The lowest BCUT2D eigenvalue weighted by Gasteiger charge is -2.28. The second-order valence-corrected chi connectivity index (χ2v) is 4.95. The molecule has 0 spiro atoms. The highest BCUT2D eigenvalue weighted by molar-refractivity contribution is 7.85. The Labute approximate surface area is 83.7 Å². The Morgan fingerprint density at radius 3 is 2.43 bits per heavy atom. The van der Waals surface area contributed by atoms with Crippen LogP contribution < -0.4 is 5.32 Å². The van der Waals surface area contributed by atoms with Gasteiger partial charge in [0.2, 0.25) is 0 Å². The third kappa shape index (κ3) is 4.87. The third-order valence-corrected chi connectivity index (χ3v) is 2.89. The summed E-state index contributed by atoms with van der Waals surface area (Å²) in [5, 5.41) is 12.5. The fourth-order valence-electron chi connectivity index (χ4n) is 1.49. The molecule has 1 fully saturated rings. The molecule has 1 rings (SSSR count). The Hall–Kier alpha value is -0.210. The van der Waals surface area contributed by atoms with Gasteiger partial charge in [0.25, 0.3) is 10.1 Å². The second kappa shape index (κ2) is 5.04. The smallest absolute Gasteiger partial charge is 0.267 e. The summed E-state index contributed by atoms with van der Waals surface area (Å²) in [5.74, 6) is -0.586. The summed E-state index contributed by atoms with van der Waals surface area (Å²) in [4.78, 5) is 1.96. The lowest BCUT2D eigenvalue weighted by Crippen LogP contribution is -2.47. The SMILES string of the molecule is O=S(=O)(O)C[C@H](O)CN1CCNCC1. The zero-order valence-electron chi connectivity index (χ0n) is 7.89. The first-order chi connectivity index (χ1) is 6.47. The number of hydrogen-bond acceptors (Lipinski definition) is 5. The molecule has 0 aromatic rings. The van der Waals surface area contributed by atoms with Crippen LogP contribution >= 0.6 is 0 Å². The van der Waals surface area contributed by atoms with E-state index in [-0.39, 0.29) is 0 Å². The molecule has 6 nitrogen and oxygen atoms in total. The molecule has 1 aliphatic rings. The first-order valence-electron chi connectivity index (χ1n) is 4.54. The van der Waals surface area contributed by atoms with Crippen molar-refractivity contribution in [2.45, 2.75) is 6.10 Å². The summed E-state index contributed by atoms with van der Waals surface area (Å²) in [6.45, 7) is 3.57. The van der Waals surface area contributed by atoms with E-state index in [4.69, 9.17) is 4.55 Å². The molecule has 0 saturated carbocycles. The topological polar surface area (TPSA) is 89.9 Å². The minimum Gasteiger partial charge on any atom is -0.391 e. The van der Waals surface area contributed by atoms with Gasteiger partial charge in [0.15, 0.2) is 0 Å². The number of nitrogens with one attached hydrogen (secondary N) is 1. The number of hydrogen-bond donors (Lipinski definition) is 3. The minimum atomic E-state index is -4.07. The number of rotatable bonds is 4. The van der Waals surface area contributed by atoms with Gasteiger partial charge in [0.05, 0.1) is 6.10 Å². The average molecular weight is 224 g/mol. The van der Waals surface area contributed by atoms with E-state index >= 15 is 0 Å². The number of aliphatic hydroxyl groups is 1. The molecule has 84 valence electrons. The molecule has 7 heteroatoms. The lowest BCUT2D eigenvalue weighted by atomic mass is 10.3. The van der Waals surface area contributed by atoms with Gasteiger partial charge in [-0.15, -0.1) is 0 Å². The van der Waals surface area contributed by atoms with Crippen LogP contribution in [0.5, 0.6) is 0 Å². The Balaban J connectivity index is 2.28. The predicted octanol–water partition coefficient (Wildman–Crippen LogP) is -1.86. The molecule has 1 saturated heterocycles. The van der Waals surface area contributed by atoms with Gasteiger partial charge in [-0.3, -0.25) is 9.45 Å². The van der Waals surface area contributed by atoms with E-state index in [0.717, 1.165) is 26.2 Å². The molecule has 0 aliphatic carbocycles. The molecular weight excluding hydrogens is 208 g/mol. The van der Waals surface area contributed by atoms with Crippen LogP contribution in [0.4, 0.5) is 0 Å². The highest BCUT2D eigenvalue weighted by Gasteiger charge is 2.18. The van der Waals surface area contributed by atoms with E-state index in [1.165, 1.54) is 0 Å². The fraction of sp³-hybridized carbons (Fsp3) is 1.00. The van der Waals surface area contributed by atoms with Crippen LogP contribution in [0.3, 0.4) is 0 Å². The van der Waals surface area contributed by atoms with Crippen molar-refractivity contribution < 1.29 is 18.1 Å². The Morgan fingerprint density at radius 2 is 1.93 bits per heavy atom. The minimum absolute atomic E-state index is 0.293. The van der Waals surface area contributed by atoms with E-state index in [1.807, 2.05) is 4.90 Å². The Kier molecular flexibility index (Phi) is 4.27. The van der Waals surface area contributed by atoms with Crippen molar-refractivity contribution in [1.82, 2.24) is 10.2 Å². The van der Waals surface area contributed by atoms with Crippen LogP contribution in [0, 0.1) is 0 Å². The molecule has 14 heavy (non-hydrogen) atoms. The predicted molar refractivity (Wildman–Crippen MR) is 51.7 cm³/mol. The summed E-state index contributed by atoms with van der Waals surface area (Å²) in [5.41, 5.74) is 0. The first kappa shape index (κ1) is 11.9. The average Bonchev–Trinajstić information content (AvgIpc) is 2.02. The van der Waals surface area contributed by atoms with Crippen LogP contribution in [0.15, 0.2) is 0 Å². The molecule has 1 atom stereocenters. The normalized spacial score (nSPS) is 22.1. The van der Waals surface area contributed by atoms with Crippen molar-refractivity contribution in [1.29, 1.82) is 0 Å². The molecule has 0 aromatic carbocycles. The summed E-state index contributed by atoms with van der Waals surface area (Å²) in [7, 11) is -4.07. The van der Waals surface area contributed by atoms with Crippen LogP contribution in [0.1, 0.15) is 0 Å². The lowest BCUT2D eigenvalue weighted by molar-refractivity contribution is 0.119. The van der Waals surface area contributed by atoms with Gasteiger partial charge in [-0.2, -0.15) is 8.42 Å². The van der Waals surface area contributed by atoms with E-state index in [1.54, 1.807) is 0 Å². The summed E-state index contributed by atoms with van der Waals surface area (Å²) in [6.07, 6.45) is -1.01. The molecule has 0 aromatic heterocycles. The largest absolute Gasteiger partial charge is 0.391 e. The van der Waals surface area contributed by atoms with E-state index < -0.39 is 22.0 Å². The highest BCUT2D eigenvalue weighted by Crippen LogP contribution is 1.97. The monoisotopic (exact) mass is 224 g/mol. The van der Waals surface area contributed by atoms with Gasteiger partial charge >= 0.3 is 0 Å². The van der Waals surface area contributed by atoms with E-state index in [0.29, 0.717) is 6.54 Å².